The zero-order valence-corrected chi connectivity index (χ0v) is 13.6. The molecule has 0 bridgehead atoms. The summed E-state index contributed by atoms with van der Waals surface area (Å²) >= 11 is 3.22. The van der Waals surface area contributed by atoms with Crippen LogP contribution < -0.4 is 5.73 Å². The number of nitrogens with zero attached hydrogens (tertiary/aromatic N) is 2. The monoisotopic (exact) mass is 351 g/mol. The highest BCUT2D eigenvalue weighted by Gasteiger charge is 2.16. The molecule has 1 aromatic carbocycles. The Morgan fingerprint density at radius 3 is 2.76 bits per heavy atom. The van der Waals surface area contributed by atoms with E-state index in [2.05, 4.69) is 25.8 Å². The Kier molecular flexibility index (Phi) is 5.85. The van der Waals surface area contributed by atoms with Crippen LogP contribution in [-0.4, -0.2) is 30.0 Å². The van der Waals surface area contributed by atoms with E-state index in [-0.39, 0.29) is 11.9 Å². The summed E-state index contributed by atoms with van der Waals surface area (Å²) in [5.41, 5.74) is 7.96. The quantitative estimate of drug-likeness (QED) is 0.869. The molecule has 1 aromatic heterocycles. The van der Waals surface area contributed by atoms with Crippen LogP contribution in [0.15, 0.2) is 47.1 Å². The lowest BCUT2D eigenvalue weighted by Gasteiger charge is -2.27. The third-order valence-electron chi connectivity index (χ3n) is 3.53. The predicted molar refractivity (Wildman–Crippen MR) is 86.5 cm³/mol. The molecule has 21 heavy (non-hydrogen) atoms. The van der Waals surface area contributed by atoms with Gasteiger partial charge >= 0.3 is 0 Å². The standard InChI is InChI=1S/C16H19BrFN3/c1-21(9-7-13-4-2-3-8-20-13)16(11-19)12-5-6-15(18)14(17)10-12/h2-6,8,10,16H,7,9,11,19H2,1H3. The summed E-state index contributed by atoms with van der Waals surface area (Å²) in [5, 5.41) is 0. The van der Waals surface area contributed by atoms with Crippen molar-refractivity contribution in [2.75, 3.05) is 20.1 Å². The van der Waals surface area contributed by atoms with Gasteiger partial charge in [0.25, 0.3) is 0 Å². The van der Waals surface area contributed by atoms with Crippen LogP contribution in [0.1, 0.15) is 17.3 Å². The molecule has 3 nitrogen and oxygen atoms in total. The second-order valence-electron chi connectivity index (χ2n) is 4.98. The molecular weight excluding hydrogens is 333 g/mol. The van der Waals surface area contributed by atoms with Gasteiger partial charge in [0.2, 0.25) is 0 Å². The van der Waals surface area contributed by atoms with Crippen LogP contribution in [0, 0.1) is 5.82 Å². The average molecular weight is 352 g/mol. The van der Waals surface area contributed by atoms with Gasteiger partial charge in [-0.1, -0.05) is 12.1 Å². The van der Waals surface area contributed by atoms with Crippen molar-refractivity contribution in [3.05, 3.63) is 64.1 Å². The average Bonchev–Trinajstić information content (AvgIpc) is 2.50. The number of likely N-dealkylation sites (N-methyl/N-ethyl adjacent to an activating group) is 1. The SMILES string of the molecule is CN(CCc1ccccn1)C(CN)c1ccc(F)c(Br)c1. The first-order chi connectivity index (χ1) is 10.1. The molecule has 0 saturated carbocycles. The fourth-order valence-corrected chi connectivity index (χ4v) is 2.68. The zero-order valence-electron chi connectivity index (χ0n) is 12.0. The minimum atomic E-state index is -0.259. The van der Waals surface area contributed by atoms with Crippen molar-refractivity contribution in [3.63, 3.8) is 0 Å². The van der Waals surface area contributed by atoms with Gasteiger partial charge in [-0.05, 0) is 52.8 Å². The van der Waals surface area contributed by atoms with E-state index in [0.717, 1.165) is 24.2 Å². The largest absolute Gasteiger partial charge is 0.329 e. The molecule has 2 N–H and O–H groups in total. The van der Waals surface area contributed by atoms with E-state index in [1.807, 2.05) is 25.2 Å². The highest BCUT2D eigenvalue weighted by atomic mass is 79.9. The molecule has 0 aliphatic carbocycles. The normalized spacial score (nSPS) is 12.6. The van der Waals surface area contributed by atoms with Crippen molar-refractivity contribution < 1.29 is 4.39 Å². The molecule has 112 valence electrons. The van der Waals surface area contributed by atoms with Crippen LogP contribution in [0.25, 0.3) is 0 Å². The summed E-state index contributed by atoms with van der Waals surface area (Å²) in [7, 11) is 2.03. The maximum Gasteiger partial charge on any atom is 0.137 e. The Bertz CT molecular complexity index is 577. The van der Waals surface area contributed by atoms with Gasteiger partial charge in [0.15, 0.2) is 0 Å². The first-order valence-corrected chi connectivity index (χ1v) is 7.66. The maximum atomic E-state index is 13.3. The fraction of sp³-hybridized carbons (Fsp3) is 0.312. The Balaban J connectivity index is 2.04. The topological polar surface area (TPSA) is 42.2 Å². The number of halogens is 2. The van der Waals surface area contributed by atoms with Crippen molar-refractivity contribution in [2.45, 2.75) is 12.5 Å². The smallest absolute Gasteiger partial charge is 0.137 e. The number of pyridine rings is 1. The Morgan fingerprint density at radius 1 is 1.33 bits per heavy atom. The summed E-state index contributed by atoms with van der Waals surface area (Å²) < 4.78 is 13.8. The molecule has 2 aromatic rings. The molecule has 1 heterocycles. The van der Waals surface area contributed by atoms with Crippen LogP contribution >= 0.6 is 15.9 Å². The molecule has 0 amide bonds. The second kappa shape index (κ2) is 7.64. The van der Waals surface area contributed by atoms with Gasteiger partial charge in [0.05, 0.1) is 4.47 Å². The molecule has 1 unspecified atom stereocenters. The highest BCUT2D eigenvalue weighted by Crippen LogP contribution is 2.24. The first-order valence-electron chi connectivity index (χ1n) is 6.87. The molecule has 2 rings (SSSR count). The van der Waals surface area contributed by atoms with Crippen molar-refractivity contribution in [3.8, 4) is 0 Å². The Labute approximate surface area is 133 Å². The van der Waals surface area contributed by atoms with E-state index >= 15 is 0 Å². The van der Waals surface area contributed by atoms with Crippen LogP contribution in [0.5, 0.6) is 0 Å². The van der Waals surface area contributed by atoms with Gasteiger partial charge in [-0.3, -0.25) is 9.88 Å². The van der Waals surface area contributed by atoms with E-state index in [1.54, 1.807) is 18.3 Å². The minimum absolute atomic E-state index is 0.0608. The number of hydrogen-bond donors (Lipinski definition) is 1. The third kappa shape index (κ3) is 4.33. The van der Waals surface area contributed by atoms with E-state index in [4.69, 9.17) is 5.73 Å². The fourth-order valence-electron chi connectivity index (χ4n) is 2.28. The van der Waals surface area contributed by atoms with Crippen molar-refractivity contribution in [1.29, 1.82) is 0 Å². The van der Waals surface area contributed by atoms with Gasteiger partial charge in [0.1, 0.15) is 5.82 Å². The predicted octanol–water partition coefficient (Wildman–Crippen LogP) is 3.16. The van der Waals surface area contributed by atoms with E-state index in [9.17, 15) is 4.39 Å². The van der Waals surface area contributed by atoms with E-state index < -0.39 is 0 Å². The molecule has 5 heteroatoms. The van der Waals surface area contributed by atoms with Crippen molar-refractivity contribution in [1.82, 2.24) is 9.88 Å². The van der Waals surface area contributed by atoms with Gasteiger partial charge in [-0.25, -0.2) is 4.39 Å². The van der Waals surface area contributed by atoms with Crippen molar-refractivity contribution >= 4 is 15.9 Å². The molecule has 0 aliphatic heterocycles. The lowest BCUT2D eigenvalue weighted by atomic mass is 10.1. The number of hydrogen-bond acceptors (Lipinski definition) is 3. The Hall–Kier alpha value is -1.30. The number of aromatic nitrogens is 1. The van der Waals surface area contributed by atoms with E-state index in [1.165, 1.54) is 6.07 Å². The Morgan fingerprint density at radius 2 is 2.14 bits per heavy atom. The van der Waals surface area contributed by atoms with Gasteiger partial charge in [-0.15, -0.1) is 0 Å². The molecule has 0 fully saturated rings. The number of benzene rings is 1. The molecule has 0 radical (unpaired) electrons. The molecule has 0 saturated heterocycles. The van der Waals surface area contributed by atoms with Crippen LogP contribution in [0.2, 0.25) is 0 Å². The molecule has 0 spiro atoms. The number of rotatable bonds is 6. The summed E-state index contributed by atoms with van der Waals surface area (Å²) in [6.45, 7) is 1.32. The van der Waals surface area contributed by atoms with Gasteiger partial charge < -0.3 is 5.73 Å². The van der Waals surface area contributed by atoms with Crippen molar-refractivity contribution in [2.24, 2.45) is 5.73 Å². The lowest BCUT2D eigenvalue weighted by molar-refractivity contribution is 0.252. The summed E-state index contributed by atoms with van der Waals surface area (Å²) in [6.07, 6.45) is 2.66. The van der Waals surface area contributed by atoms with Crippen LogP contribution in [-0.2, 0) is 6.42 Å². The summed E-state index contributed by atoms with van der Waals surface area (Å²) in [4.78, 5) is 6.49. The highest BCUT2D eigenvalue weighted by molar-refractivity contribution is 9.10. The summed E-state index contributed by atoms with van der Waals surface area (Å²) in [5.74, 6) is -0.259. The van der Waals surface area contributed by atoms with Gasteiger partial charge in [-0.2, -0.15) is 0 Å². The molecule has 1 atom stereocenters. The molecule has 0 aliphatic rings. The third-order valence-corrected chi connectivity index (χ3v) is 4.14. The minimum Gasteiger partial charge on any atom is -0.329 e. The van der Waals surface area contributed by atoms with E-state index in [0.29, 0.717) is 11.0 Å². The lowest BCUT2D eigenvalue weighted by Crippen LogP contribution is -2.32. The number of nitrogens with two attached hydrogens (primary N) is 1. The van der Waals surface area contributed by atoms with Crippen LogP contribution in [0.3, 0.4) is 0 Å². The van der Waals surface area contributed by atoms with Crippen LogP contribution in [0.4, 0.5) is 4.39 Å². The first kappa shape index (κ1) is 16.1. The maximum absolute atomic E-state index is 13.3. The summed E-state index contributed by atoms with van der Waals surface area (Å²) in [6, 6.07) is 11.0. The van der Waals surface area contributed by atoms with Gasteiger partial charge in [0, 0.05) is 37.4 Å². The molecular formula is C16H19BrFN3. The zero-order chi connectivity index (χ0) is 15.2. The second-order valence-corrected chi connectivity index (χ2v) is 5.83.